The lowest BCUT2D eigenvalue weighted by atomic mass is 9.70. The van der Waals surface area contributed by atoms with Crippen LogP contribution in [-0.2, 0) is 15.0 Å². The van der Waals surface area contributed by atoms with Gasteiger partial charge in [0.15, 0.2) is 5.41 Å². The normalized spacial score (nSPS) is 25.3. The van der Waals surface area contributed by atoms with Gasteiger partial charge in [-0.1, -0.05) is 23.4 Å². The van der Waals surface area contributed by atoms with Gasteiger partial charge in [-0.2, -0.15) is 13.2 Å². The standard InChI is InChI=1S/C17H14ClF3N2O2/c1-9(24)22-14-15(25)23-13-5-4-11(18)8-12(13)16(14,17(19,20)21)7-6-10-2-3-10/h4-5,8,10,14H,2-3H2,1H3,(H,22,24)(H,23,25)/t14-,16+/m0/s1. The molecule has 2 amide bonds. The van der Waals surface area contributed by atoms with Gasteiger partial charge in [0.25, 0.3) is 0 Å². The summed E-state index contributed by atoms with van der Waals surface area (Å²) < 4.78 is 42.8. The number of benzene rings is 1. The Kier molecular flexibility index (Phi) is 4.20. The van der Waals surface area contributed by atoms with Crippen LogP contribution in [-0.4, -0.2) is 24.0 Å². The molecule has 2 N–H and O–H groups in total. The average molecular weight is 371 g/mol. The molecular formula is C17H14ClF3N2O2. The number of carbonyl (C=O) groups is 2. The van der Waals surface area contributed by atoms with Gasteiger partial charge >= 0.3 is 6.18 Å². The molecule has 1 aliphatic heterocycles. The van der Waals surface area contributed by atoms with E-state index >= 15 is 0 Å². The smallest absolute Gasteiger partial charge is 0.343 e. The largest absolute Gasteiger partial charge is 0.411 e. The monoisotopic (exact) mass is 370 g/mol. The van der Waals surface area contributed by atoms with Crippen LogP contribution in [0.25, 0.3) is 0 Å². The van der Waals surface area contributed by atoms with Gasteiger partial charge in [-0.15, -0.1) is 0 Å². The maximum Gasteiger partial charge on any atom is 0.411 e. The Bertz CT molecular complexity index is 808. The topological polar surface area (TPSA) is 58.2 Å². The highest BCUT2D eigenvalue weighted by atomic mass is 35.5. The second-order valence-corrected chi connectivity index (χ2v) is 6.60. The first-order valence-corrected chi connectivity index (χ1v) is 8.00. The SMILES string of the molecule is CC(=O)N[C@H]1C(=O)Nc2ccc(Cl)cc2[C@@]1(C#CC1CC1)C(F)(F)F. The molecule has 1 saturated carbocycles. The second-order valence-electron chi connectivity index (χ2n) is 6.16. The Labute approximate surface area is 147 Å². The lowest BCUT2D eigenvalue weighted by molar-refractivity contribution is -0.184. The van der Waals surface area contributed by atoms with Crippen LogP contribution < -0.4 is 10.6 Å². The number of anilines is 1. The van der Waals surface area contributed by atoms with Crippen molar-refractivity contribution in [2.24, 2.45) is 5.92 Å². The molecule has 1 aliphatic carbocycles. The number of carbonyl (C=O) groups excluding carboxylic acids is 2. The summed E-state index contributed by atoms with van der Waals surface area (Å²) in [4.78, 5) is 23.8. The molecule has 0 spiro atoms. The van der Waals surface area contributed by atoms with Crippen LogP contribution in [0, 0.1) is 17.8 Å². The van der Waals surface area contributed by atoms with Crippen molar-refractivity contribution in [3.05, 3.63) is 28.8 Å². The molecule has 0 radical (unpaired) electrons. The van der Waals surface area contributed by atoms with Gasteiger partial charge < -0.3 is 10.6 Å². The summed E-state index contributed by atoms with van der Waals surface area (Å²) in [6.45, 7) is 1.05. The molecule has 4 nitrogen and oxygen atoms in total. The van der Waals surface area contributed by atoms with Gasteiger partial charge in [-0.05, 0) is 31.0 Å². The number of hydrogen-bond donors (Lipinski definition) is 2. The fourth-order valence-corrected chi connectivity index (χ4v) is 3.03. The number of fused-ring (bicyclic) bond motifs is 1. The molecule has 1 aromatic carbocycles. The first-order chi connectivity index (χ1) is 11.6. The van der Waals surface area contributed by atoms with Crippen molar-refractivity contribution in [2.75, 3.05) is 5.32 Å². The molecule has 1 aromatic rings. The van der Waals surface area contributed by atoms with Crippen LogP contribution in [0.15, 0.2) is 18.2 Å². The number of nitrogens with one attached hydrogen (secondary N) is 2. The summed E-state index contributed by atoms with van der Waals surface area (Å²) >= 11 is 5.90. The molecule has 0 saturated heterocycles. The Morgan fingerprint density at radius 1 is 1.40 bits per heavy atom. The van der Waals surface area contributed by atoms with E-state index in [9.17, 15) is 22.8 Å². The first-order valence-electron chi connectivity index (χ1n) is 7.62. The highest BCUT2D eigenvalue weighted by Gasteiger charge is 2.65. The van der Waals surface area contributed by atoms with Crippen LogP contribution in [0.4, 0.5) is 18.9 Å². The lowest BCUT2D eigenvalue weighted by Crippen LogP contribution is -2.64. The van der Waals surface area contributed by atoms with Crippen molar-refractivity contribution in [1.29, 1.82) is 0 Å². The molecule has 132 valence electrons. The lowest BCUT2D eigenvalue weighted by Gasteiger charge is -2.42. The summed E-state index contributed by atoms with van der Waals surface area (Å²) in [5.74, 6) is 3.07. The zero-order chi connectivity index (χ0) is 18.4. The number of halogens is 4. The van der Waals surface area contributed by atoms with Crippen molar-refractivity contribution in [3.8, 4) is 11.8 Å². The molecule has 0 aromatic heterocycles. The van der Waals surface area contributed by atoms with Crippen molar-refractivity contribution >= 4 is 29.1 Å². The van der Waals surface area contributed by atoms with E-state index in [1.165, 1.54) is 12.1 Å². The van der Waals surface area contributed by atoms with Gasteiger partial charge in [0, 0.05) is 29.1 Å². The maximum atomic E-state index is 14.3. The molecule has 3 rings (SSSR count). The third-order valence-electron chi connectivity index (χ3n) is 4.21. The third-order valence-corrected chi connectivity index (χ3v) is 4.44. The highest BCUT2D eigenvalue weighted by molar-refractivity contribution is 6.30. The van der Waals surface area contributed by atoms with E-state index in [-0.39, 0.29) is 22.2 Å². The van der Waals surface area contributed by atoms with Crippen molar-refractivity contribution in [1.82, 2.24) is 5.32 Å². The third kappa shape index (κ3) is 3.07. The molecule has 2 atom stereocenters. The Morgan fingerprint density at radius 3 is 2.64 bits per heavy atom. The fraction of sp³-hybridized carbons (Fsp3) is 0.412. The molecule has 1 fully saturated rings. The predicted molar refractivity (Wildman–Crippen MR) is 85.9 cm³/mol. The van der Waals surface area contributed by atoms with Crippen LogP contribution in [0.2, 0.25) is 5.02 Å². The summed E-state index contributed by atoms with van der Waals surface area (Å²) in [6, 6.07) is 1.93. The minimum atomic E-state index is -4.90. The van der Waals surface area contributed by atoms with E-state index in [0.29, 0.717) is 0 Å². The summed E-state index contributed by atoms with van der Waals surface area (Å²) in [7, 11) is 0. The number of hydrogen-bond acceptors (Lipinski definition) is 2. The Morgan fingerprint density at radius 2 is 2.08 bits per heavy atom. The number of rotatable bonds is 1. The van der Waals surface area contributed by atoms with Crippen LogP contribution >= 0.6 is 11.6 Å². The Balaban J connectivity index is 2.30. The van der Waals surface area contributed by atoms with Gasteiger partial charge in [-0.3, -0.25) is 9.59 Å². The quantitative estimate of drug-likeness (QED) is 0.747. The molecule has 2 aliphatic rings. The predicted octanol–water partition coefficient (Wildman–Crippen LogP) is 3.01. The minimum Gasteiger partial charge on any atom is -0.343 e. The van der Waals surface area contributed by atoms with E-state index in [2.05, 4.69) is 22.5 Å². The maximum absolute atomic E-state index is 14.3. The van der Waals surface area contributed by atoms with Gasteiger partial charge in [0.1, 0.15) is 6.04 Å². The summed E-state index contributed by atoms with van der Waals surface area (Å²) in [6.07, 6.45) is -3.46. The van der Waals surface area contributed by atoms with E-state index < -0.39 is 29.4 Å². The van der Waals surface area contributed by atoms with E-state index in [0.717, 1.165) is 25.8 Å². The van der Waals surface area contributed by atoms with E-state index in [4.69, 9.17) is 11.6 Å². The summed E-state index contributed by atoms with van der Waals surface area (Å²) in [5.41, 5.74) is -3.14. The zero-order valence-electron chi connectivity index (χ0n) is 13.1. The first kappa shape index (κ1) is 17.6. The zero-order valence-corrected chi connectivity index (χ0v) is 13.9. The van der Waals surface area contributed by atoms with Gasteiger partial charge in [0.2, 0.25) is 11.8 Å². The molecule has 8 heteroatoms. The number of amides is 2. The van der Waals surface area contributed by atoms with E-state index in [1.54, 1.807) is 0 Å². The average Bonchev–Trinajstić information content (AvgIpc) is 3.30. The second kappa shape index (κ2) is 5.95. The van der Waals surface area contributed by atoms with E-state index in [1.807, 2.05) is 0 Å². The van der Waals surface area contributed by atoms with Crippen molar-refractivity contribution in [2.45, 2.75) is 37.4 Å². The molecule has 25 heavy (non-hydrogen) atoms. The van der Waals surface area contributed by atoms with Gasteiger partial charge in [0.05, 0.1) is 0 Å². The summed E-state index contributed by atoms with van der Waals surface area (Å²) in [5, 5.41) is 4.59. The van der Waals surface area contributed by atoms with Crippen LogP contribution in [0.5, 0.6) is 0 Å². The molecule has 1 heterocycles. The molecule has 0 unspecified atom stereocenters. The molecular weight excluding hydrogens is 357 g/mol. The number of alkyl halides is 3. The highest BCUT2D eigenvalue weighted by Crippen LogP contribution is 2.49. The van der Waals surface area contributed by atoms with Gasteiger partial charge in [-0.25, -0.2) is 0 Å². The van der Waals surface area contributed by atoms with Crippen LogP contribution in [0.3, 0.4) is 0 Å². The molecule has 0 bridgehead atoms. The fourth-order valence-electron chi connectivity index (χ4n) is 2.86. The minimum absolute atomic E-state index is 0.0153. The Hall–Kier alpha value is -2.20. The van der Waals surface area contributed by atoms with Crippen LogP contribution in [0.1, 0.15) is 25.3 Å². The van der Waals surface area contributed by atoms with Crippen molar-refractivity contribution in [3.63, 3.8) is 0 Å². The van der Waals surface area contributed by atoms with Crippen molar-refractivity contribution < 1.29 is 22.8 Å².